The van der Waals surface area contributed by atoms with Crippen LogP contribution >= 0.6 is 0 Å². The monoisotopic (exact) mass is 339 g/mol. The molecule has 1 heterocycles. The van der Waals surface area contributed by atoms with E-state index in [2.05, 4.69) is 6.92 Å². The molecule has 4 nitrogen and oxygen atoms in total. The molecule has 1 aliphatic heterocycles. The molecule has 0 saturated heterocycles. The number of hydrogen-bond donors (Lipinski definition) is 0. The largest absolute Gasteiger partial charge is 0.491 e. The zero-order valence-electron chi connectivity index (χ0n) is 15.3. The molecule has 3 rings (SSSR count). The molecule has 0 spiro atoms. The van der Waals surface area contributed by atoms with Crippen LogP contribution in [0.15, 0.2) is 42.5 Å². The Hall–Kier alpha value is -2.49. The van der Waals surface area contributed by atoms with E-state index in [0.29, 0.717) is 24.6 Å². The summed E-state index contributed by atoms with van der Waals surface area (Å²) in [5.41, 5.74) is 2.84. The van der Waals surface area contributed by atoms with Crippen molar-refractivity contribution in [3.63, 3.8) is 0 Å². The Morgan fingerprint density at radius 1 is 1.16 bits per heavy atom. The topological polar surface area (TPSA) is 38.8 Å². The number of carbonyl (C=O) groups excluding carboxylic acids is 1. The molecule has 0 radical (unpaired) electrons. The Balaban J connectivity index is 1.65. The van der Waals surface area contributed by atoms with Crippen molar-refractivity contribution in [2.75, 3.05) is 20.2 Å². The molecule has 4 heteroatoms. The van der Waals surface area contributed by atoms with Crippen LogP contribution in [0, 0.1) is 6.92 Å². The maximum Gasteiger partial charge on any atom is 0.257 e. The van der Waals surface area contributed by atoms with E-state index in [1.54, 1.807) is 11.9 Å². The Kier molecular flexibility index (Phi) is 4.98. The van der Waals surface area contributed by atoms with Crippen LogP contribution in [-0.4, -0.2) is 37.1 Å². The maximum absolute atomic E-state index is 12.8. The lowest BCUT2D eigenvalue weighted by Gasteiger charge is -2.19. The minimum Gasteiger partial charge on any atom is -0.491 e. The van der Waals surface area contributed by atoms with Crippen molar-refractivity contribution in [1.29, 1.82) is 0 Å². The van der Waals surface area contributed by atoms with Crippen molar-refractivity contribution in [2.45, 2.75) is 32.8 Å². The SMILES string of the molecule is Cc1ccccc1OCCN(C)C(=O)c1cccc2c1OC(C)C2C. The van der Waals surface area contributed by atoms with Crippen LogP contribution in [0.4, 0.5) is 0 Å². The molecule has 1 amide bonds. The Bertz CT molecular complexity index is 771. The summed E-state index contributed by atoms with van der Waals surface area (Å²) in [5, 5.41) is 0. The van der Waals surface area contributed by atoms with Crippen molar-refractivity contribution >= 4 is 5.91 Å². The predicted octanol–water partition coefficient (Wildman–Crippen LogP) is 4.03. The molecule has 0 bridgehead atoms. The number of para-hydroxylation sites is 2. The number of likely N-dealkylation sites (N-methyl/N-ethyl adjacent to an activating group) is 1. The molecule has 1 aliphatic rings. The summed E-state index contributed by atoms with van der Waals surface area (Å²) in [6, 6.07) is 13.7. The molecule has 2 aromatic rings. The van der Waals surface area contributed by atoms with Crippen molar-refractivity contribution in [2.24, 2.45) is 0 Å². The average molecular weight is 339 g/mol. The van der Waals surface area contributed by atoms with E-state index in [0.717, 1.165) is 22.6 Å². The van der Waals surface area contributed by atoms with E-state index in [9.17, 15) is 4.79 Å². The lowest BCUT2D eigenvalue weighted by atomic mass is 9.96. The molecule has 0 fully saturated rings. The summed E-state index contributed by atoms with van der Waals surface area (Å²) in [5.74, 6) is 1.86. The summed E-state index contributed by atoms with van der Waals surface area (Å²) in [6.45, 7) is 7.15. The lowest BCUT2D eigenvalue weighted by molar-refractivity contribution is 0.0768. The molecule has 0 aliphatic carbocycles. The molecule has 2 aromatic carbocycles. The van der Waals surface area contributed by atoms with Gasteiger partial charge in [0.1, 0.15) is 24.2 Å². The van der Waals surface area contributed by atoms with Crippen LogP contribution in [0.5, 0.6) is 11.5 Å². The van der Waals surface area contributed by atoms with Gasteiger partial charge in [0.2, 0.25) is 0 Å². The molecule has 2 atom stereocenters. The van der Waals surface area contributed by atoms with E-state index >= 15 is 0 Å². The van der Waals surface area contributed by atoms with E-state index < -0.39 is 0 Å². The van der Waals surface area contributed by atoms with Crippen molar-refractivity contribution in [3.8, 4) is 11.5 Å². The summed E-state index contributed by atoms with van der Waals surface area (Å²) < 4.78 is 11.7. The summed E-state index contributed by atoms with van der Waals surface area (Å²) >= 11 is 0. The van der Waals surface area contributed by atoms with Gasteiger partial charge in [0, 0.05) is 18.5 Å². The van der Waals surface area contributed by atoms with E-state index in [1.165, 1.54) is 0 Å². The van der Waals surface area contributed by atoms with Gasteiger partial charge in [0.05, 0.1) is 12.1 Å². The first-order chi connectivity index (χ1) is 12.0. The van der Waals surface area contributed by atoms with Crippen LogP contribution < -0.4 is 9.47 Å². The van der Waals surface area contributed by atoms with Gasteiger partial charge in [-0.2, -0.15) is 0 Å². The third-order valence-electron chi connectivity index (χ3n) is 4.90. The van der Waals surface area contributed by atoms with Gasteiger partial charge in [0.15, 0.2) is 0 Å². The molecule has 0 N–H and O–H groups in total. The van der Waals surface area contributed by atoms with E-state index in [1.807, 2.05) is 56.3 Å². The number of amides is 1. The highest BCUT2D eigenvalue weighted by Crippen LogP contribution is 2.40. The van der Waals surface area contributed by atoms with Crippen LogP contribution in [-0.2, 0) is 0 Å². The number of fused-ring (bicyclic) bond motifs is 1. The number of nitrogens with zero attached hydrogens (tertiary/aromatic N) is 1. The first-order valence-corrected chi connectivity index (χ1v) is 8.72. The van der Waals surface area contributed by atoms with Gasteiger partial charge in [-0.3, -0.25) is 4.79 Å². The fourth-order valence-corrected chi connectivity index (χ4v) is 3.07. The number of aryl methyl sites for hydroxylation is 1. The van der Waals surface area contributed by atoms with Crippen LogP contribution in [0.3, 0.4) is 0 Å². The summed E-state index contributed by atoms with van der Waals surface area (Å²) in [7, 11) is 1.80. The Labute approximate surface area is 149 Å². The number of carbonyl (C=O) groups is 1. The summed E-state index contributed by atoms with van der Waals surface area (Å²) in [6.07, 6.45) is 0.0960. The minimum absolute atomic E-state index is 0.0356. The van der Waals surface area contributed by atoms with Gasteiger partial charge in [-0.05, 0) is 31.5 Å². The maximum atomic E-state index is 12.8. The van der Waals surface area contributed by atoms with Gasteiger partial charge in [-0.25, -0.2) is 0 Å². The van der Waals surface area contributed by atoms with Crippen LogP contribution in [0.2, 0.25) is 0 Å². The first kappa shape index (κ1) is 17.3. The van der Waals surface area contributed by atoms with E-state index in [4.69, 9.17) is 9.47 Å². The van der Waals surface area contributed by atoms with Crippen molar-refractivity contribution < 1.29 is 14.3 Å². The standard InChI is InChI=1S/C21H25NO3/c1-14-8-5-6-11-19(14)24-13-12-22(4)21(23)18-10-7-9-17-15(2)16(3)25-20(17)18/h5-11,15-16H,12-13H2,1-4H3. The van der Waals surface area contributed by atoms with Crippen molar-refractivity contribution in [3.05, 3.63) is 59.2 Å². The quantitative estimate of drug-likeness (QED) is 0.825. The number of hydrogen-bond acceptors (Lipinski definition) is 3. The zero-order chi connectivity index (χ0) is 18.0. The smallest absolute Gasteiger partial charge is 0.257 e. The lowest BCUT2D eigenvalue weighted by Crippen LogP contribution is -2.31. The molecular formula is C21H25NO3. The molecule has 132 valence electrons. The fourth-order valence-electron chi connectivity index (χ4n) is 3.07. The summed E-state index contributed by atoms with van der Waals surface area (Å²) in [4.78, 5) is 14.5. The van der Waals surface area contributed by atoms with Crippen LogP contribution in [0.25, 0.3) is 0 Å². The second-order valence-corrected chi connectivity index (χ2v) is 6.68. The number of ether oxygens (including phenoxy) is 2. The van der Waals surface area contributed by atoms with Gasteiger partial charge < -0.3 is 14.4 Å². The van der Waals surface area contributed by atoms with E-state index in [-0.39, 0.29) is 12.0 Å². The predicted molar refractivity (Wildman–Crippen MR) is 98.6 cm³/mol. The molecule has 0 saturated carbocycles. The fraction of sp³-hybridized carbons (Fsp3) is 0.381. The third-order valence-corrected chi connectivity index (χ3v) is 4.90. The molecule has 25 heavy (non-hydrogen) atoms. The van der Waals surface area contributed by atoms with Gasteiger partial charge in [0.25, 0.3) is 5.91 Å². The van der Waals surface area contributed by atoms with Crippen LogP contribution in [0.1, 0.15) is 41.3 Å². The van der Waals surface area contributed by atoms with Gasteiger partial charge in [-0.15, -0.1) is 0 Å². The van der Waals surface area contributed by atoms with Gasteiger partial charge in [-0.1, -0.05) is 37.3 Å². The highest BCUT2D eigenvalue weighted by Gasteiger charge is 2.31. The molecule has 2 unspecified atom stereocenters. The van der Waals surface area contributed by atoms with Gasteiger partial charge >= 0.3 is 0 Å². The second kappa shape index (κ2) is 7.18. The van der Waals surface area contributed by atoms with Crippen molar-refractivity contribution in [1.82, 2.24) is 4.90 Å². The molecular weight excluding hydrogens is 314 g/mol. The first-order valence-electron chi connectivity index (χ1n) is 8.72. The Morgan fingerprint density at radius 2 is 1.92 bits per heavy atom. The number of rotatable bonds is 5. The number of benzene rings is 2. The third kappa shape index (κ3) is 3.48. The zero-order valence-corrected chi connectivity index (χ0v) is 15.3. The minimum atomic E-state index is -0.0356. The molecule has 0 aromatic heterocycles. The highest BCUT2D eigenvalue weighted by molar-refractivity contribution is 5.97. The normalized spacial score (nSPS) is 18.4. The second-order valence-electron chi connectivity index (χ2n) is 6.68. The average Bonchev–Trinajstić information content (AvgIpc) is 2.90. The highest BCUT2D eigenvalue weighted by atomic mass is 16.5. The Morgan fingerprint density at radius 3 is 2.68 bits per heavy atom.